The number of hydrogen-bond donors (Lipinski definition) is 0. The van der Waals surface area contributed by atoms with E-state index in [1.807, 2.05) is 6.88 Å². The van der Waals surface area contributed by atoms with E-state index in [-0.39, 0.29) is 39.7 Å². The molecule has 4 heteroatoms. The maximum absolute atomic E-state index is 1.95. The summed E-state index contributed by atoms with van der Waals surface area (Å²) in [6.07, 6.45) is 0. The topological polar surface area (TPSA) is 0 Å². The van der Waals surface area contributed by atoms with E-state index in [9.17, 15) is 0 Å². The molecule has 0 aliphatic heterocycles. The summed E-state index contributed by atoms with van der Waals surface area (Å²) < 4.78 is 0. The van der Waals surface area contributed by atoms with Crippen LogP contribution in [0.5, 0.6) is 0 Å². The molecule has 0 aromatic heterocycles. The minimum absolute atomic E-state index is 0. The molecule has 0 rings (SSSR count). The van der Waals surface area contributed by atoms with Gasteiger partial charge in [0.1, 0.15) is 0 Å². The molecule has 0 amide bonds. The molecule has 0 atom stereocenters. The first-order valence-corrected chi connectivity index (χ1v) is 6.27. The average molecular weight is 222 g/mol. The fourth-order valence-corrected chi connectivity index (χ4v) is 0. The summed E-state index contributed by atoms with van der Waals surface area (Å²) in [7, 11) is 0. The van der Waals surface area contributed by atoms with E-state index in [1.54, 1.807) is 23.3 Å². The van der Waals surface area contributed by atoms with Crippen LogP contribution in [-0.4, -0.2) is 6.88 Å². The van der Waals surface area contributed by atoms with Crippen LogP contribution in [0.15, 0.2) is 0 Å². The summed E-state index contributed by atoms with van der Waals surface area (Å²) in [5.74, 6) is 0. The molecule has 6 heavy (non-hydrogen) atoms. The molecule has 0 fully saturated rings. The van der Waals surface area contributed by atoms with Crippen molar-refractivity contribution in [2.45, 2.75) is 0 Å². The van der Waals surface area contributed by atoms with Crippen LogP contribution in [0.3, 0.4) is 0 Å². The van der Waals surface area contributed by atoms with Crippen molar-refractivity contribution in [3.05, 3.63) is 14.9 Å². The first-order chi connectivity index (χ1) is 1.00. The Morgan fingerprint density at radius 2 is 0.833 bits per heavy atom. The van der Waals surface area contributed by atoms with Crippen LogP contribution in [0.25, 0.3) is 0 Å². The van der Waals surface area contributed by atoms with E-state index in [2.05, 4.69) is 0 Å². The van der Waals surface area contributed by atoms with Crippen LogP contribution in [0.1, 0.15) is 0 Å². The van der Waals surface area contributed by atoms with Crippen molar-refractivity contribution in [1.29, 1.82) is 0 Å². The fraction of sp³-hybridized carbons (Fsp3) is 0. The Bertz CT molecular complexity index is 11.5. The maximum atomic E-state index is 1.95. The van der Waals surface area contributed by atoms with Crippen molar-refractivity contribution in [2.75, 3.05) is 0 Å². The van der Waals surface area contributed by atoms with Crippen molar-refractivity contribution >= 4 is 6.88 Å². The van der Waals surface area contributed by atoms with E-state index in [0.717, 1.165) is 0 Å². The second kappa shape index (κ2) is 76.4. The van der Waals surface area contributed by atoms with Gasteiger partial charge in [-0.2, -0.15) is 0 Å². The number of rotatable bonds is 0. The molecule has 0 heterocycles. The van der Waals surface area contributed by atoms with Gasteiger partial charge in [-0.25, -0.2) is 0 Å². The first-order valence-electron chi connectivity index (χ1n) is 0.354. The van der Waals surface area contributed by atoms with Gasteiger partial charge in [0.25, 0.3) is 0 Å². The van der Waals surface area contributed by atoms with Crippen LogP contribution in [-0.2, 0) is 23.3 Å². The van der Waals surface area contributed by atoms with Gasteiger partial charge in [-0.05, 0) is 0 Å². The third kappa shape index (κ3) is 44.1. The number of hydrogen-bond acceptors (Lipinski definition) is 0. The van der Waals surface area contributed by atoms with E-state index in [4.69, 9.17) is 0 Å². The standard InChI is InChI=1S/2CH3.2ClH.H2Si.Zr/h2*1H3;2*1H;1H2;/q2*-1;;;;+2/p-2. The Morgan fingerprint density at radius 3 is 0.833 bits per heavy atom. The molecule has 0 N–H and O–H groups in total. The van der Waals surface area contributed by atoms with E-state index < -0.39 is 0 Å². The molecule has 0 nitrogen and oxygen atoms in total. The molecule has 0 aliphatic carbocycles. The first kappa shape index (κ1) is 47.7. The molecule has 0 bridgehead atoms. The van der Waals surface area contributed by atoms with Gasteiger partial charge in [-0.3, -0.25) is 0 Å². The van der Waals surface area contributed by atoms with Crippen molar-refractivity contribution in [3.63, 3.8) is 0 Å². The van der Waals surface area contributed by atoms with Gasteiger partial charge in [0.05, 0.1) is 0 Å². The van der Waals surface area contributed by atoms with Crippen molar-refractivity contribution in [3.8, 4) is 0 Å². The quantitative estimate of drug-likeness (QED) is 0.283. The van der Waals surface area contributed by atoms with Gasteiger partial charge in [0, 0.05) is 0 Å². The van der Waals surface area contributed by atoms with Crippen LogP contribution in [0.2, 0.25) is 0 Å². The predicted molar refractivity (Wildman–Crippen MR) is 21.4 cm³/mol. The monoisotopic (exact) mass is 220 g/mol. The molecular weight excluding hydrogens is 214 g/mol. The molecule has 0 aliphatic rings. The summed E-state index contributed by atoms with van der Waals surface area (Å²) in [6.45, 7) is 1.95. The Hall–Kier alpha value is 1.68. The zero-order valence-electron chi connectivity index (χ0n) is 3.96. The summed E-state index contributed by atoms with van der Waals surface area (Å²) in [5.41, 5.74) is 0. The average Bonchev–Trinajstić information content (AvgIpc) is 1.00. The molecule has 0 aromatic rings. The summed E-state index contributed by atoms with van der Waals surface area (Å²) in [4.78, 5) is 0. The van der Waals surface area contributed by atoms with Crippen LogP contribution >= 0.6 is 0 Å². The molecule has 0 radical (unpaired) electrons. The van der Waals surface area contributed by atoms with Crippen LogP contribution < -0.4 is 24.8 Å². The van der Waals surface area contributed by atoms with Crippen LogP contribution in [0.4, 0.5) is 0 Å². The molecule has 40 valence electrons. The second-order valence-electron chi connectivity index (χ2n) is 0. The van der Waals surface area contributed by atoms with E-state index >= 15 is 0 Å². The summed E-state index contributed by atoms with van der Waals surface area (Å²) in [5, 5.41) is 0. The third-order valence-corrected chi connectivity index (χ3v) is 0. The number of halogens is 2. The van der Waals surface area contributed by atoms with Gasteiger partial charge in [0.2, 0.25) is 0 Å². The van der Waals surface area contributed by atoms with E-state index in [1.165, 1.54) is 0 Å². The Labute approximate surface area is 69.5 Å². The normalized spacial score (nSPS) is 1.00. The summed E-state index contributed by atoms with van der Waals surface area (Å²) >= 11 is 1.58. The SMILES string of the molecule is [CH3-].[CH3-].[Cl-].[Cl-].[SiH2]=[Zr+2]. The van der Waals surface area contributed by atoms with Gasteiger partial charge in [-0.15, -0.1) is 0 Å². The van der Waals surface area contributed by atoms with Crippen molar-refractivity contribution in [1.82, 2.24) is 0 Å². The molecule has 0 spiro atoms. The molecule has 0 saturated heterocycles. The molecule has 0 aromatic carbocycles. The zero-order valence-corrected chi connectivity index (χ0v) is 9.35. The fourth-order valence-electron chi connectivity index (χ4n) is 0. The van der Waals surface area contributed by atoms with Gasteiger partial charge in [0.15, 0.2) is 0 Å². The third-order valence-electron chi connectivity index (χ3n) is 0. The van der Waals surface area contributed by atoms with Crippen LogP contribution in [0, 0.1) is 14.9 Å². The Kier molecular flexibility index (Phi) is 607. The second-order valence-corrected chi connectivity index (χ2v) is 0. The van der Waals surface area contributed by atoms with Gasteiger partial charge in [-0.1, -0.05) is 0 Å². The summed E-state index contributed by atoms with van der Waals surface area (Å²) in [6, 6.07) is 0. The Balaban J connectivity index is -0.000000000833. The zero-order chi connectivity index (χ0) is 2.00. The van der Waals surface area contributed by atoms with Gasteiger partial charge < -0.3 is 39.7 Å². The predicted octanol–water partition coefficient (Wildman–Crippen LogP) is -6.01. The molecule has 0 saturated carbocycles. The molecule has 0 unspecified atom stereocenters. The van der Waals surface area contributed by atoms with E-state index in [0.29, 0.717) is 0 Å². The van der Waals surface area contributed by atoms with Gasteiger partial charge >= 0.3 is 30.2 Å². The van der Waals surface area contributed by atoms with Crippen molar-refractivity contribution in [2.24, 2.45) is 0 Å². The van der Waals surface area contributed by atoms with Crippen molar-refractivity contribution < 1.29 is 48.1 Å². The minimum atomic E-state index is 0. The molecular formula is C2H8Cl2SiZr-2. The Morgan fingerprint density at radius 1 is 0.833 bits per heavy atom.